The number of piperazine rings is 1. The van der Waals surface area contributed by atoms with E-state index >= 15 is 0 Å². The maximum Gasteiger partial charge on any atom is 0.252 e. The van der Waals surface area contributed by atoms with Crippen LogP contribution in [0.15, 0.2) is 21.7 Å². The Hall–Kier alpha value is -1.00. The molecule has 2 aliphatic rings. The molecule has 2 fully saturated rings. The third-order valence-electron chi connectivity index (χ3n) is 6.03. The first kappa shape index (κ1) is 21.7. The van der Waals surface area contributed by atoms with Gasteiger partial charge in [-0.05, 0) is 37.3 Å². The van der Waals surface area contributed by atoms with Crippen molar-refractivity contribution >= 4 is 27.3 Å². The molecule has 158 valence electrons. The van der Waals surface area contributed by atoms with Crippen LogP contribution in [0, 0.1) is 11.8 Å². The number of carbonyl (C=O) groups excluding carboxylic acids is 1. The Morgan fingerprint density at radius 1 is 1.21 bits per heavy atom. The summed E-state index contributed by atoms with van der Waals surface area (Å²) in [5, 5.41) is 4.86. The monoisotopic (exact) mass is 428 g/mol. The number of nitrogens with one attached hydrogen (secondary N) is 1. The van der Waals surface area contributed by atoms with Crippen LogP contribution in [-0.4, -0.2) is 87.8 Å². The van der Waals surface area contributed by atoms with E-state index in [1.165, 1.54) is 11.3 Å². The lowest BCUT2D eigenvalue weighted by atomic mass is 9.85. The van der Waals surface area contributed by atoms with Gasteiger partial charge in [0, 0.05) is 58.3 Å². The summed E-state index contributed by atoms with van der Waals surface area (Å²) in [6.07, 6.45) is 1.47. The number of amides is 1. The van der Waals surface area contributed by atoms with E-state index < -0.39 is 10.0 Å². The molecule has 1 aromatic rings. The quantitative estimate of drug-likeness (QED) is 0.705. The minimum absolute atomic E-state index is 0.0842. The Bertz CT molecular complexity index is 722. The van der Waals surface area contributed by atoms with E-state index in [9.17, 15) is 13.2 Å². The van der Waals surface area contributed by atoms with Gasteiger partial charge in [0.05, 0.1) is 0 Å². The fourth-order valence-corrected chi connectivity index (χ4v) is 6.55. The molecule has 0 bridgehead atoms. The van der Waals surface area contributed by atoms with Gasteiger partial charge in [0.2, 0.25) is 5.91 Å². The molecule has 1 atom stereocenters. The Labute approximate surface area is 172 Å². The SMILES string of the molecule is C[C@H](C(=O)NCCN1CCN(C)CC1)C1CCN(S(=O)(=O)c2cccs2)CC1. The Balaban J connectivity index is 1.40. The van der Waals surface area contributed by atoms with Crippen molar-refractivity contribution in [3.63, 3.8) is 0 Å². The molecule has 9 heteroatoms. The van der Waals surface area contributed by atoms with Crippen molar-refractivity contribution in [3.8, 4) is 0 Å². The number of likely N-dealkylation sites (N-methyl/N-ethyl adjacent to an activating group) is 1. The van der Waals surface area contributed by atoms with Gasteiger partial charge in [0.25, 0.3) is 10.0 Å². The molecule has 1 amide bonds. The molecule has 0 saturated carbocycles. The molecule has 0 radical (unpaired) electrons. The summed E-state index contributed by atoms with van der Waals surface area (Å²) in [5.74, 6) is 0.242. The lowest BCUT2D eigenvalue weighted by molar-refractivity contribution is -0.126. The highest BCUT2D eigenvalue weighted by molar-refractivity contribution is 7.91. The van der Waals surface area contributed by atoms with Crippen molar-refractivity contribution in [1.29, 1.82) is 0 Å². The second-order valence-electron chi connectivity index (χ2n) is 7.90. The summed E-state index contributed by atoms with van der Waals surface area (Å²) in [6, 6.07) is 3.42. The first-order valence-corrected chi connectivity index (χ1v) is 12.4. The van der Waals surface area contributed by atoms with Crippen molar-refractivity contribution in [2.45, 2.75) is 24.0 Å². The van der Waals surface area contributed by atoms with Crippen molar-refractivity contribution in [2.24, 2.45) is 11.8 Å². The number of rotatable bonds is 7. The molecule has 3 rings (SSSR count). The average molecular weight is 429 g/mol. The predicted molar refractivity (Wildman–Crippen MR) is 112 cm³/mol. The van der Waals surface area contributed by atoms with Gasteiger partial charge >= 0.3 is 0 Å². The third-order valence-corrected chi connectivity index (χ3v) is 9.30. The molecular weight excluding hydrogens is 396 g/mol. The average Bonchev–Trinajstić information content (AvgIpc) is 3.25. The van der Waals surface area contributed by atoms with E-state index in [-0.39, 0.29) is 17.7 Å². The van der Waals surface area contributed by atoms with Crippen molar-refractivity contribution in [3.05, 3.63) is 17.5 Å². The van der Waals surface area contributed by atoms with Gasteiger partial charge in [0.15, 0.2) is 0 Å². The fourth-order valence-electron chi connectivity index (χ4n) is 3.94. The summed E-state index contributed by atoms with van der Waals surface area (Å²) in [6.45, 7) is 8.79. The van der Waals surface area contributed by atoms with Gasteiger partial charge < -0.3 is 10.2 Å². The molecule has 2 saturated heterocycles. The largest absolute Gasteiger partial charge is 0.355 e. The maximum absolute atomic E-state index is 12.6. The van der Waals surface area contributed by atoms with Gasteiger partial charge in [-0.2, -0.15) is 4.31 Å². The molecular formula is C19H32N4O3S2. The topological polar surface area (TPSA) is 73.0 Å². The highest BCUT2D eigenvalue weighted by atomic mass is 32.2. The first-order valence-electron chi connectivity index (χ1n) is 10.1. The number of piperidine rings is 1. The summed E-state index contributed by atoms with van der Waals surface area (Å²) in [7, 11) is -1.24. The van der Waals surface area contributed by atoms with Crippen LogP contribution < -0.4 is 5.32 Å². The van der Waals surface area contributed by atoms with Gasteiger partial charge in [0.1, 0.15) is 4.21 Å². The molecule has 0 aliphatic carbocycles. The van der Waals surface area contributed by atoms with Crippen LogP contribution in [0.2, 0.25) is 0 Å². The van der Waals surface area contributed by atoms with Crippen molar-refractivity contribution < 1.29 is 13.2 Å². The number of carbonyl (C=O) groups is 1. The van der Waals surface area contributed by atoms with E-state index in [4.69, 9.17) is 0 Å². The van der Waals surface area contributed by atoms with Crippen molar-refractivity contribution in [2.75, 3.05) is 59.4 Å². The van der Waals surface area contributed by atoms with Crippen LogP contribution in [-0.2, 0) is 14.8 Å². The zero-order valence-electron chi connectivity index (χ0n) is 16.8. The molecule has 3 heterocycles. The Morgan fingerprint density at radius 2 is 1.89 bits per heavy atom. The highest BCUT2D eigenvalue weighted by Crippen LogP contribution is 2.29. The van der Waals surface area contributed by atoms with E-state index in [0.717, 1.165) is 45.6 Å². The third kappa shape index (κ3) is 5.33. The van der Waals surface area contributed by atoms with Gasteiger partial charge in [-0.3, -0.25) is 9.69 Å². The summed E-state index contributed by atoms with van der Waals surface area (Å²) in [5.41, 5.74) is 0. The number of sulfonamides is 1. The van der Waals surface area contributed by atoms with Crippen LogP contribution in [0.5, 0.6) is 0 Å². The molecule has 28 heavy (non-hydrogen) atoms. The van der Waals surface area contributed by atoms with Gasteiger partial charge in [-0.1, -0.05) is 13.0 Å². The predicted octanol–water partition coefficient (Wildman–Crippen LogP) is 1.15. The fraction of sp³-hybridized carbons (Fsp3) is 0.737. The normalized spacial score (nSPS) is 22.2. The lowest BCUT2D eigenvalue weighted by Gasteiger charge is -2.34. The molecule has 7 nitrogen and oxygen atoms in total. The standard InChI is InChI=1S/C19H32N4O3S2/c1-16(19(24)20-7-10-22-13-11-21(2)12-14-22)17-5-8-23(9-6-17)28(25,26)18-4-3-15-27-18/h3-4,15-17H,5-14H2,1-2H3,(H,20,24)/t16-/m0/s1. The zero-order valence-corrected chi connectivity index (χ0v) is 18.5. The number of hydrogen-bond donors (Lipinski definition) is 1. The van der Waals surface area contributed by atoms with Gasteiger partial charge in [-0.25, -0.2) is 8.42 Å². The van der Waals surface area contributed by atoms with E-state index in [2.05, 4.69) is 22.2 Å². The molecule has 1 N–H and O–H groups in total. The van der Waals surface area contributed by atoms with E-state index in [0.29, 0.717) is 23.8 Å². The second-order valence-corrected chi connectivity index (χ2v) is 11.0. The Morgan fingerprint density at radius 3 is 2.50 bits per heavy atom. The minimum Gasteiger partial charge on any atom is -0.355 e. The smallest absolute Gasteiger partial charge is 0.252 e. The van der Waals surface area contributed by atoms with Crippen LogP contribution in [0.4, 0.5) is 0 Å². The number of nitrogens with zero attached hydrogens (tertiary/aromatic N) is 3. The number of thiophene rings is 1. The van der Waals surface area contributed by atoms with Crippen LogP contribution in [0.3, 0.4) is 0 Å². The first-order chi connectivity index (χ1) is 13.4. The summed E-state index contributed by atoms with van der Waals surface area (Å²) in [4.78, 5) is 17.2. The molecule has 0 spiro atoms. The van der Waals surface area contributed by atoms with Crippen LogP contribution in [0.25, 0.3) is 0 Å². The van der Waals surface area contributed by atoms with Gasteiger partial charge in [-0.15, -0.1) is 11.3 Å². The Kier molecular flexibility index (Phi) is 7.49. The minimum atomic E-state index is -3.38. The van der Waals surface area contributed by atoms with E-state index in [1.807, 2.05) is 6.92 Å². The van der Waals surface area contributed by atoms with E-state index in [1.54, 1.807) is 21.8 Å². The van der Waals surface area contributed by atoms with Crippen LogP contribution >= 0.6 is 11.3 Å². The van der Waals surface area contributed by atoms with Crippen molar-refractivity contribution in [1.82, 2.24) is 19.4 Å². The van der Waals surface area contributed by atoms with Crippen LogP contribution in [0.1, 0.15) is 19.8 Å². The summed E-state index contributed by atoms with van der Waals surface area (Å²) < 4.78 is 27.2. The molecule has 1 aromatic heterocycles. The molecule has 0 unspecified atom stereocenters. The lowest BCUT2D eigenvalue weighted by Crippen LogP contribution is -2.47. The second kappa shape index (κ2) is 9.67. The highest BCUT2D eigenvalue weighted by Gasteiger charge is 2.33. The molecule has 0 aromatic carbocycles. The summed E-state index contributed by atoms with van der Waals surface area (Å²) >= 11 is 1.26. The maximum atomic E-state index is 12.6. The molecule has 2 aliphatic heterocycles. The zero-order chi connectivity index (χ0) is 20.1. The number of hydrogen-bond acceptors (Lipinski definition) is 6.